The summed E-state index contributed by atoms with van der Waals surface area (Å²) < 4.78 is 6.63. The van der Waals surface area contributed by atoms with Gasteiger partial charge < -0.3 is 14.5 Å². The Morgan fingerprint density at radius 1 is 1.55 bits per heavy atom. The molecule has 3 rings (SSSR count). The number of nitrogens with zero attached hydrogens (tertiary/aromatic N) is 4. The fourth-order valence-electron chi connectivity index (χ4n) is 2.79. The van der Waals surface area contributed by atoms with Crippen molar-refractivity contribution in [2.24, 2.45) is 13.0 Å². The molecule has 0 bridgehead atoms. The van der Waals surface area contributed by atoms with Crippen molar-refractivity contribution in [2.45, 2.75) is 19.4 Å². The van der Waals surface area contributed by atoms with Crippen LogP contribution >= 0.6 is 11.6 Å². The summed E-state index contributed by atoms with van der Waals surface area (Å²) in [4.78, 5) is 14.1. The Labute approximate surface area is 132 Å². The molecule has 1 aliphatic rings. The molecule has 2 atom stereocenters. The van der Waals surface area contributed by atoms with Crippen LogP contribution < -0.4 is 0 Å². The van der Waals surface area contributed by atoms with Crippen molar-refractivity contribution >= 4 is 17.5 Å². The Hall–Kier alpha value is -1.86. The zero-order valence-corrected chi connectivity index (χ0v) is 13.1. The van der Waals surface area contributed by atoms with Crippen LogP contribution in [-0.2, 0) is 13.5 Å². The highest BCUT2D eigenvalue weighted by Gasteiger charge is 2.36. The number of halogens is 1. The standard InChI is InChI=1S/C14H17ClN4O3/c1-8-3-10(22-17-8)4-9-6-19(7-12(9)20)14(21)13-11(15)5-16-18(13)2/h3,5,9,12,20H,4,6-7H2,1-2H3/t9-,12+/m1/s1. The third-order valence-electron chi connectivity index (χ3n) is 3.93. The van der Waals surface area contributed by atoms with Crippen molar-refractivity contribution in [2.75, 3.05) is 13.1 Å². The van der Waals surface area contributed by atoms with E-state index in [2.05, 4.69) is 10.3 Å². The van der Waals surface area contributed by atoms with E-state index >= 15 is 0 Å². The Kier molecular flexibility index (Phi) is 3.92. The molecule has 0 unspecified atom stereocenters. The van der Waals surface area contributed by atoms with Crippen molar-refractivity contribution in [1.29, 1.82) is 0 Å². The number of likely N-dealkylation sites (tertiary alicyclic amines) is 1. The summed E-state index contributed by atoms with van der Waals surface area (Å²) in [6.45, 7) is 2.57. The Balaban J connectivity index is 1.71. The van der Waals surface area contributed by atoms with Gasteiger partial charge in [0.15, 0.2) is 0 Å². The lowest BCUT2D eigenvalue weighted by Crippen LogP contribution is -2.31. The van der Waals surface area contributed by atoms with Crippen molar-refractivity contribution < 1.29 is 14.4 Å². The first-order valence-electron chi connectivity index (χ1n) is 7.02. The lowest BCUT2D eigenvalue weighted by molar-refractivity contribution is 0.0754. The van der Waals surface area contributed by atoms with E-state index in [-0.39, 0.29) is 18.4 Å². The van der Waals surface area contributed by atoms with E-state index < -0.39 is 6.10 Å². The highest BCUT2D eigenvalue weighted by atomic mass is 35.5. The highest BCUT2D eigenvalue weighted by Crippen LogP contribution is 2.25. The van der Waals surface area contributed by atoms with E-state index in [1.807, 2.05) is 13.0 Å². The monoisotopic (exact) mass is 324 g/mol. The van der Waals surface area contributed by atoms with Gasteiger partial charge in [-0.3, -0.25) is 9.48 Å². The largest absolute Gasteiger partial charge is 0.391 e. The van der Waals surface area contributed by atoms with E-state index in [4.69, 9.17) is 16.1 Å². The first-order valence-corrected chi connectivity index (χ1v) is 7.40. The molecule has 1 amide bonds. The number of aryl methyl sites for hydroxylation is 2. The summed E-state index contributed by atoms with van der Waals surface area (Å²) in [5.74, 6) is 0.415. The molecule has 0 aromatic carbocycles. The lowest BCUT2D eigenvalue weighted by atomic mass is 10.0. The van der Waals surface area contributed by atoms with E-state index in [9.17, 15) is 9.90 Å². The molecule has 1 saturated heterocycles. The summed E-state index contributed by atoms with van der Waals surface area (Å²) in [5.41, 5.74) is 1.14. The summed E-state index contributed by atoms with van der Waals surface area (Å²) in [7, 11) is 1.67. The van der Waals surface area contributed by atoms with E-state index in [1.54, 1.807) is 11.9 Å². The molecule has 8 heteroatoms. The second-order valence-corrected chi connectivity index (χ2v) is 6.05. The maximum atomic E-state index is 12.5. The van der Waals surface area contributed by atoms with Crippen LogP contribution in [0.15, 0.2) is 16.8 Å². The number of aliphatic hydroxyl groups is 1. The van der Waals surface area contributed by atoms with Gasteiger partial charge in [0, 0.05) is 38.5 Å². The highest BCUT2D eigenvalue weighted by molar-refractivity contribution is 6.33. The molecule has 7 nitrogen and oxygen atoms in total. The third kappa shape index (κ3) is 2.74. The minimum absolute atomic E-state index is 0.0803. The summed E-state index contributed by atoms with van der Waals surface area (Å²) >= 11 is 6.01. The van der Waals surface area contributed by atoms with Gasteiger partial charge in [-0.1, -0.05) is 16.8 Å². The van der Waals surface area contributed by atoms with E-state index in [0.29, 0.717) is 23.7 Å². The number of aliphatic hydroxyl groups excluding tert-OH is 1. The SMILES string of the molecule is Cc1cc(C[C@@H]2CN(C(=O)c3c(Cl)cnn3C)C[C@@H]2O)on1. The summed E-state index contributed by atoms with van der Waals surface area (Å²) in [5, 5.41) is 18.3. The summed E-state index contributed by atoms with van der Waals surface area (Å²) in [6, 6.07) is 1.84. The first kappa shape index (κ1) is 15.1. The van der Waals surface area contributed by atoms with Gasteiger partial charge in [0.05, 0.1) is 23.0 Å². The van der Waals surface area contributed by atoms with Crippen LogP contribution in [0.5, 0.6) is 0 Å². The second kappa shape index (κ2) is 5.73. The molecule has 0 saturated carbocycles. The van der Waals surface area contributed by atoms with Gasteiger partial charge in [-0.05, 0) is 6.92 Å². The average Bonchev–Trinajstić information content (AvgIpc) is 3.12. The van der Waals surface area contributed by atoms with Gasteiger partial charge in [-0.15, -0.1) is 0 Å². The molecule has 1 aliphatic heterocycles. The third-order valence-corrected chi connectivity index (χ3v) is 4.21. The number of amides is 1. The zero-order valence-electron chi connectivity index (χ0n) is 12.4. The van der Waals surface area contributed by atoms with Gasteiger partial charge in [0.2, 0.25) is 0 Å². The van der Waals surface area contributed by atoms with Crippen LogP contribution in [0.1, 0.15) is 21.9 Å². The lowest BCUT2D eigenvalue weighted by Gasteiger charge is -2.16. The molecule has 1 fully saturated rings. The van der Waals surface area contributed by atoms with Gasteiger partial charge in [-0.25, -0.2) is 0 Å². The molecule has 2 aromatic rings. The molecule has 0 radical (unpaired) electrons. The van der Waals surface area contributed by atoms with Crippen LogP contribution in [0.4, 0.5) is 0 Å². The number of hydrogen-bond acceptors (Lipinski definition) is 5. The minimum Gasteiger partial charge on any atom is -0.391 e. The zero-order chi connectivity index (χ0) is 15.9. The first-order chi connectivity index (χ1) is 10.5. The Morgan fingerprint density at radius 3 is 2.91 bits per heavy atom. The molecular weight excluding hydrogens is 308 g/mol. The number of aromatic nitrogens is 3. The van der Waals surface area contributed by atoms with Crippen molar-refractivity contribution in [3.05, 3.63) is 34.4 Å². The summed E-state index contributed by atoms with van der Waals surface area (Å²) in [6.07, 6.45) is 1.39. The fraction of sp³-hybridized carbons (Fsp3) is 0.500. The van der Waals surface area contributed by atoms with Gasteiger partial charge in [0.25, 0.3) is 5.91 Å². The quantitative estimate of drug-likeness (QED) is 0.912. The van der Waals surface area contributed by atoms with Crippen LogP contribution in [0, 0.1) is 12.8 Å². The molecule has 118 valence electrons. The molecule has 0 aliphatic carbocycles. The van der Waals surface area contributed by atoms with Crippen LogP contribution in [0.2, 0.25) is 5.02 Å². The number of hydrogen-bond donors (Lipinski definition) is 1. The van der Waals surface area contributed by atoms with Crippen molar-refractivity contribution in [3.8, 4) is 0 Å². The number of rotatable bonds is 3. The number of carbonyl (C=O) groups excluding carboxylic acids is 1. The maximum absolute atomic E-state index is 12.5. The van der Waals surface area contributed by atoms with Crippen LogP contribution in [-0.4, -0.2) is 50.0 Å². The predicted molar refractivity (Wildman–Crippen MR) is 78.6 cm³/mol. The molecule has 3 heterocycles. The number of β-amino-alcohol motifs (C(OH)–C–C–N with tert-alkyl or cyclic N) is 1. The minimum atomic E-state index is -0.596. The smallest absolute Gasteiger partial charge is 0.273 e. The van der Waals surface area contributed by atoms with Crippen LogP contribution in [0.25, 0.3) is 0 Å². The molecule has 0 spiro atoms. The molecule has 1 N–H and O–H groups in total. The fourth-order valence-corrected chi connectivity index (χ4v) is 3.04. The van der Waals surface area contributed by atoms with E-state index in [1.165, 1.54) is 10.9 Å². The molecule has 22 heavy (non-hydrogen) atoms. The topological polar surface area (TPSA) is 84.4 Å². The van der Waals surface area contributed by atoms with E-state index in [0.717, 1.165) is 11.5 Å². The van der Waals surface area contributed by atoms with Crippen LogP contribution in [0.3, 0.4) is 0 Å². The molecule has 2 aromatic heterocycles. The van der Waals surface area contributed by atoms with Crippen molar-refractivity contribution in [1.82, 2.24) is 19.8 Å². The normalized spacial score (nSPS) is 21.5. The predicted octanol–water partition coefficient (Wildman–Crippen LogP) is 1.05. The van der Waals surface area contributed by atoms with Gasteiger partial charge in [0.1, 0.15) is 11.5 Å². The Morgan fingerprint density at radius 2 is 2.32 bits per heavy atom. The number of carbonyl (C=O) groups is 1. The van der Waals surface area contributed by atoms with Gasteiger partial charge >= 0.3 is 0 Å². The molecular formula is C14H17ClN4O3. The second-order valence-electron chi connectivity index (χ2n) is 5.64. The maximum Gasteiger partial charge on any atom is 0.273 e. The average molecular weight is 325 g/mol. The van der Waals surface area contributed by atoms with Gasteiger partial charge in [-0.2, -0.15) is 5.10 Å². The van der Waals surface area contributed by atoms with Crippen molar-refractivity contribution in [3.63, 3.8) is 0 Å². The Bertz CT molecular complexity index is 677.